The van der Waals surface area contributed by atoms with Gasteiger partial charge < -0.3 is 19.7 Å². The standard InChI is InChI=1S/C16H19N5O4/c1-2-25-13-6-4-3-5-12(13)19-15-14(21(22)23)16(18-11-17-15)20-7-9-24-10-8-20/h3-6,11H,2,7-10H2,1H3,(H,17,18,19). The Labute approximate surface area is 144 Å². The first kappa shape index (κ1) is 16.9. The highest BCUT2D eigenvalue weighted by Gasteiger charge is 2.28. The van der Waals surface area contributed by atoms with Crippen molar-refractivity contribution in [1.82, 2.24) is 9.97 Å². The predicted molar refractivity (Wildman–Crippen MR) is 92.6 cm³/mol. The molecule has 3 rings (SSSR count). The minimum absolute atomic E-state index is 0.133. The largest absolute Gasteiger partial charge is 0.492 e. The number of nitrogens with one attached hydrogen (secondary N) is 1. The third-order valence-electron chi connectivity index (χ3n) is 3.74. The van der Waals surface area contributed by atoms with Gasteiger partial charge in [0, 0.05) is 13.1 Å². The lowest BCUT2D eigenvalue weighted by molar-refractivity contribution is -0.383. The van der Waals surface area contributed by atoms with Crippen LogP contribution in [0.2, 0.25) is 0 Å². The van der Waals surface area contributed by atoms with E-state index < -0.39 is 4.92 Å². The van der Waals surface area contributed by atoms with Gasteiger partial charge in [0.2, 0.25) is 11.6 Å². The molecule has 0 atom stereocenters. The minimum atomic E-state index is -0.462. The van der Waals surface area contributed by atoms with Crippen molar-refractivity contribution in [1.29, 1.82) is 0 Å². The van der Waals surface area contributed by atoms with Crippen LogP contribution in [0.25, 0.3) is 0 Å². The number of morpholine rings is 1. The topological polar surface area (TPSA) is 103 Å². The maximum Gasteiger partial charge on any atom is 0.353 e. The fourth-order valence-electron chi connectivity index (χ4n) is 2.61. The lowest BCUT2D eigenvalue weighted by Crippen LogP contribution is -2.37. The zero-order chi connectivity index (χ0) is 17.6. The van der Waals surface area contributed by atoms with E-state index in [0.29, 0.717) is 50.2 Å². The summed E-state index contributed by atoms with van der Waals surface area (Å²) in [5.74, 6) is 1.03. The second-order valence-electron chi connectivity index (χ2n) is 5.31. The molecule has 0 radical (unpaired) electrons. The van der Waals surface area contributed by atoms with Crippen LogP contribution < -0.4 is 15.0 Å². The Morgan fingerprint density at radius 2 is 2.08 bits per heavy atom. The van der Waals surface area contributed by atoms with E-state index in [9.17, 15) is 10.1 Å². The average molecular weight is 345 g/mol. The average Bonchev–Trinajstić information content (AvgIpc) is 2.64. The molecule has 0 bridgehead atoms. The van der Waals surface area contributed by atoms with Crippen molar-refractivity contribution >= 4 is 23.0 Å². The molecule has 1 saturated heterocycles. The summed E-state index contributed by atoms with van der Waals surface area (Å²) in [6.07, 6.45) is 1.32. The molecule has 1 aromatic heterocycles. The second-order valence-corrected chi connectivity index (χ2v) is 5.31. The smallest absolute Gasteiger partial charge is 0.353 e. The number of hydrogen-bond donors (Lipinski definition) is 1. The van der Waals surface area contributed by atoms with Crippen molar-refractivity contribution in [3.63, 3.8) is 0 Å². The van der Waals surface area contributed by atoms with Gasteiger partial charge in [0.15, 0.2) is 0 Å². The first-order valence-electron chi connectivity index (χ1n) is 8.01. The number of rotatable bonds is 6. The Kier molecular flexibility index (Phi) is 5.24. The fourth-order valence-corrected chi connectivity index (χ4v) is 2.61. The van der Waals surface area contributed by atoms with Crippen LogP contribution in [0.4, 0.5) is 23.0 Å². The molecule has 0 aliphatic carbocycles. The molecule has 9 nitrogen and oxygen atoms in total. The molecular formula is C16H19N5O4. The van der Waals surface area contributed by atoms with Crippen LogP contribution in [0.1, 0.15) is 6.92 Å². The molecule has 1 fully saturated rings. The number of nitro groups is 1. The van der Waals surface area contributed by atoms with Crippen molar-refractivity contribution in [2.75, 3.05) is 43.1 Å². The molecule has 132 valence electrons. The van der Waals surface area contributed by atoms with E-state index in [2.05, 4.69) is 15.3 Å². The lowest BCUT2D eigenvalue weighted by atomic mass is 10.2. The summed E-state index contributed by atoms with van der Waals surface area (Å²) in [6.45, 7) is 4.48. The van der Waals surface area contributed by atoms with Gasteiger partial charge >= 0.3 is 5.69 Å². The maximum absolute atomic E-state index is 11.7. The van der Waals surface area contributed by atoms with E-state index >= 15 is 0 Å². The van der Waals surface area contributed by atoms with Gasteiger partial charge in [-0.1, -0.05) is 12.1 Å². The number of benzene rings is 1. The number of nitrogens with zero attached hydrogens (tertiary/aromatic N) is 4. The summed E-state index contributed by atoms with van der Waals surface area (Å²) in [7, 11) is 0. The highest BCUT2D eigenvalue weighted by atomic mass is 16.6. The van der Waals surface area contributed by atoms with Crippen LogP contribution in [-0.4, -0.2) is 47.8 Å². The molecule has 2 heterocycles. The number of ether oxygens (including phenoxy) is 2. The van der Waals surface area contributed by atoms with Gasteiger partial charge in [-0.05, 0) is 19.1 Å². The fraction of sp³-hybridized carbons (Fsp3) is 0.375. The highest BCUT2D eigenvalue weighted by molar-refractivity contribution is 5.76. The highest BCUT2D eigenvalue weighted by Crippen LogP contribution is 2.36. The summed E-state index contributed by atoms with van der Waals surface area (Å²) < 4.78 is 10.9. The Hall–Kier alpha value is -2.94. The quantitative estimate of drug-likeness (QED) is 0.629. The summed E-state index contributed by atoms with van der Waals surface area (Å²) in [5, 5.41) is 14.7. The van der Waals surface area contributed by atoms with Crippen LogP contribution in [-0.2, 0) is 4.74 Å². The molecule has 0 saturated carbocycles. The molecule has 0 spiro atoms. The first-order valence-corrected chi connectivity index (χ1v) is 8.01. The van der Waals surface area contributed by atoms with Gasteiger partial charge in [-0.25, -0.2) is 9.97 Å². The van der Waals surface area contributed by atoms with E-state index in [1.54, 1.807) is 12.1 Å². The van der Waals surface area contributed by atoms with Crippen LogP contribution in [0.3, 0.4) is 0 Å². The SMILES string of the molecule is CCOc1ccccc1Nc1ncnc(N2CCOCC2)c1[N+](=O)[O-]. The van der Waals surface area contributed by atoms with Crippen molar-refractivity contribution in [3.8, 4) is 5.75 Å². The summed E-state index contributed by atoms with van der Waals surface area (Å²) in [5.41, 5.74) is 0.453. The Morgan fingerprint density at radius 1 is 1.32 bits per heavy atom. The molecule has 1 N–H and O–H groups in total. The zero-order valence-electron chi connectivity index (χ0n) is 13.8. The van der Waals surface area contributed by atoms with Crippen molar-refractivity contribution in [3.05, 3.63) is 40.7 Å². The zero-order valence-corrected chi connectivity index (χ0v) is 13.8. The molecule has 1 aromatic carbocycles. The van der Waals surface area contributed by atoms with Crippen molar-refractivity contribution in [2.24, 2.45) is 0 Å². The van der Waals surface area contributed by atoms with Crippen LogP contribution in [0.15, 0.2) is 30.6 Å². The third kappa shape index (κ3) is 3.77. The molecule has 1 aliphatic heterocycles. The Bertz CT molecular complexity index is 749. The van der Waals surface area contributed by atoms with Gasteiger partial charge in [0.25, 0.3) is 0 Å². The van der Waals surface area contributed by atoms with E-state index in [-0.39, 0.29) is 11.5 Å². The summed E-state index contributed by atoms with van der Waals surface area (Å²) in [4.78, 5) is 21.3. The number of hydrogen-bond acceptors (Lipinski definition) is 8. The van der Waals surface area contributed by atoms with Crippen molar-refractivity contribution in [2.45, 2.75) is 6.92 Å². The molecular weight excluding hydrogens is 326 g/mol. The monoisotopic (exact) mass is 345 g/mol. The van der Waals surface area contributed by atoms with Gasteiger partial charge in [-0.15, -0.1) is 0 Å². The summed E-state index contributed by atoms with van der Waals surface area (Å²) in [6, 6.07) is 7.23. The van der Waals surface area contributed by atoms with Gasteiger partial charge in [-0.3, -0.25) is 10.1 Å². The first-order chi connectivity index (χ1) is 12.2. The molecule has 0 amide bonds. The van der Waals surface area contributed by atoms with E-state index in [4.69, 9.17) is 9.47 Å². The lowest BCUT2D eigenvalue weighted by Gasteiger charge is -2.27. The minimum Gasteiger partial charge on any atom is -0.492 e. The van der Waals surface area contributed by atoms with Crippen molar-refractivity contribution < 1.29 is 14.4 Å². The molecule has 25 heavy (non-hydrogen) atoms. The number of aromatic nitrogens is 2. The predicted octanol–water partition coefficient (Wildman–Crippen LogP) is 2.36. The Balaban J connectivity index is 1.97. The van der Waals surface area contributed by atoms with E-state index in [0.717, 1.165) is 0 Å². The molecule has 2 aromatic rings. The second kappa shape index (κ2) is 7.75. The van der Waals surface area contributed by atoms with E-state index in [1.165, 1.54) is 6.33 Å². The molecule has 9 heteroatoms. The number of anilines is 3. The van der Waals surface area contributed by atoms with Gasteiger partial charge in [0.1, 0.15) is 12.1 Å². The van der Waals surface area contributed by atoms with Crippen LogP contribution in [0.5, 0.6) is 5.75 Å². The van der Waals surface area contributed by atoms with Gasteiger partial charge in [0.05, 0.1) is 30.4 Å². The molecule has 0 unspecified atom stereocenters. The third-order valence-corrected chi connectivity index (χ3v) is 3.74. The number of para-hydroxylation sites is 2. The van der Waals surface area contributed by atoms with Crippen LogP contribution >= 0.6 is 0 Å². The normalized spacial score (nSPS) is 14.2. The van der Waals surface area contributed by atoms with E-state index in [1.807, 2.05) is 24.0 Å². The maximum atomic E-state index is 11.7. The van der Waals surface area contributed by atoms with Crippen LogP contribution in [0, 0.1) is 10.1 Å². The Morgan fingerprint density at radius 3 is 2.80 bits per heavy atom. The molecule has 1 aliphatic rings. The summed E-state index contributed by atoms with van der Waals surface area (Å²) >= 11 is 0. The van der Waals surface area contributed by atoms with Gasteiger partial charge in [-0.2, -0.15) is 0 Å².